The Balaban J connectivity index is 1.61. The van der Waals surface area contributed by atoms with Gasteiger partial charge in [0, 0.05) is 50.8 Å². The fourth-order valence-electron chi connectivity index (χ4n) is 3.03. The van der Waals surface area contributed by atoms with E-state index in [4.69, 9.17) is 0 Å². The summed E-state index contributed by atoms with van der Waals surface area (Å²) in [5, 5.41) is 8.17. The molecule has 0 atom stereocenters. The van der Waals surface area contributed by atoms with Crippen molar-refractivity contribution in [2.24, 2.45) is 0 Å². The lowest BCUT2D eigenvalue weighted by Crippen LogP contribution is -2.48. The zero-order valence-corrected chi connectivity index (χ0v) is 14.0. The number of nitrogens with one attached hydrogen (secondary N) is 1. The Morgan fingerprint density at radius 2 is 1.85 bits per heavy atom. The number of fused-ring (bicyclic) bond motifs is 1. The van der Waals surface area contributed by atoms with Crippen LogP contribution < -0.4 is 4.90 Å². The van der Waals surface area contributed by atoms with Gasteiger partial charge in [-0.05, 0) is 6.07 Å². The van der Waals surface area contributed by atoms with Crippen molar-refractivity contribution in [3.63, 3.8) is 0 Å². The summed E-state index contributed by atoms with van der Waals surface area (Å²) < 4.78 is 26.7. The van der Waals surface area contributed by atoms with Crippen molar-refractivity contribution in [2.45, 2.75) is 6.92 Å². The van der Waals surface area contributed by atoms with Gasteiger partial charge in [0.1, 0.15) is 5.82 Å². The molecule has 0 radical (unpaired) electrons. The number of aromatic amines is 1. The molecule has 1 aromatic carbocycles. The van der Waals surface area contributed by atoms with Gasteiger partial charge in [0.2, 0.25) is 5.91 Å². The van der Waals surface area contributed by atoms with Crippen LogP contribution in [-0.2, 0) is 4.79 Å². The van der Waals surface area contributed by atoms with Crippen LogP contribution in [0.3, 0.4) is 0 Å². The van der Waals surface area contributed by atoms with Crippen molar-refractivity contribution in [2.75, 3.05) is 31.1 Å². The van der Waals surface area contributed by atoms with Crippen molar-refractivity contribution in [3.8, 4) is 11.4 Å². The van der Waals surface area contributed by atoms with Gasteiger partial charge in [-0.25, -0.2) is 13.8 Å². The van der Waals surface area contributed by atoms with Crippen molar-refractivity contribution in [1.82, 2.24) is 25.1 Å². The van der Waals surface area contributed by atoms with E-state index in [2.05, 4.69) is 20.2 Å². The summed E-state index contributed by atoms with van der Waals surface area (Å²) in [6, 6.07) is 3.96. The zero-order valence-electron chi connectivity index (χ0n) is 14.0. The van der Waals surface area contributed by atoms with Crippen molar-refractivity contribution < 1.29 is 13.6 Å². The van der Waals surface area contributed by atoms with Gasteiger partial charge in [0.25, 0.3) is 0 Å². The van der Waals surface area contributed by atoms with Gasteiger partial charge >= 0.3 is 0 Å². The molecule has 0 spiro atoms. The molecule has 3 heterocycles. The van der Waals surface area contributed by atoms with E-state index in [1.54, 1.807) is 18.0 Å². The number of rotatable bonds is 2. The molecule has 9 heteroatoms. The predicted octanol–water partition coefficient (Wildman–Crippen LogP) is 1.97. The Kier molecular flexibility index (Phi) is 3.98. The Bertz CT molecular complexity index is 942. The van der Waals surface area contributed by atoms with Crippen LogP contribution in [0.2, 0.25) is 0 Å². The summed E-state index contributed by atoms with van der Waals surface area (Å²) in [7, 11) is 0. The average Bonchev–Trinajstić information content (AvgIpc) is 3.05. The number of hydrogen-bond acceptors (Lipinski definition) is 5. The van der Waals surface area contributed by atoms with Crippen LogP contribution >= 0.6 is 0 Å². The van der Waals surface area contributed by atoms with E-state index < -0.39 is 11.6 Å². The van der Waals surface area contributed by atoms with Crippen molar-refractivity contribution in [3.05, 3.63) is 36.0 Å². The van der Waals surface area contributed by atoms with E-state index in [0.717, 1.165) is 12.1 Å². The third-order valence-electron chi connectivity index (χ3n) is 4.49. The highest BCUT2D eigenvalue weighted by Gasteiger charge is 2.20. The monoisotopic (exact) mass is 358 g/mol. The van der Waals surface area contributed by atoms with Gasteiger partial charge in [-0.15, -0.1) is 5.10 Å². The largest absolute Gasteiger partial charge is 0.352 e. The lowest BCUT2D eigenvalue weighted by molar-refractivity contribution is -0.129. The van der Waals surface area contributed by atoms with Crippen molar-refractivity contribution in [1.29, 1.82) is 0 Å². The molecule has 0 unspecified atom stereocenters. The summed E-state index contributed by atoms with van der Waals surface area (Å²) in [4.78, 5) is 22.5. The second-order valence-corrected chi connectivity index (χ2v) is 6.16. The molecule has 134 valence electrons. The number of halogens is 2. The first-order chi connectivity index (χ1) is 12.5. The second kappa shape index (κ2) is 6.32. The number of carbonyl (C=O) groups excluding carboxylic acids is 1. The SMILES string of the molecule is CC(=O)N1CCN(c2cc(-c3nc4cc(F)c(F)cc4[nH]3)cnn2)CC1. The number of carbonyl (C=O) groups is 1. The van der Waals surface area contributed by atoms with Crippen LogP contribution in [0.5, 0.6) is 0 Å². The number of hydrogen-bond donors (Lipinski definition) is 1. The van der Waals surface area contributed by atoms with E-state index >= 15 is 0 Å². The van der Waals surface area contributed by atoms with Crippen LogP contribution in [0.1, 0.15) is 6.92 Å². The first-order valence-electron chi connectivity index (χ1n) is 8.19. The smallest absolute Gasteiger partial charge is 0.219 e. The molecule has 2 aromatic heterocycles. The third-order valence-corrected chi connectivity index (χ3v) is 4.49. The summed E-state index contributed by atoms with van der Waals surface area (Å²) in [5.41, 5.74) is 1.42. The first-order valence-corrected chi connectivity index (χ1v) is 8.19. The number of nitrogens with zero attached hydrogens (tertiary/aromatic N) is 5. The number of piperazine rings is 1. The third kappa shape index (κ3) is 2.96. The van der Waals surface area contributed by atoms with Gasteiger partial charge in [-0.2, -0.15) is 5.10 Å². The molecule has 7 nitrogen and oxygen atoms in total. The van der Waals surface area contributed by atoms with Crippen LogP contribution in [-0.4, -0.2) is 57.2 Å². The van der Waals surface area contributed by atoms with E-state index in [9.17, 15) is 13.6 Å². The summed E-state index contributed by atoms with van der Waals surface area (Å²) in [6.07, 6.45) is 1.54. The number of amides is 1. The molecule has 0 saturated carbocycles. The number of aromatic nitrogens is 4. The van der Waals surface area contributed by atoms with Crippen LogP contribution in [0.15, 0.2) is 24.4 Å². The van der Waals surface area contributed by atoms with E-state index in [-0.39, 0.29) is 5.91 Å². The minimum Gasteiger partial charge on any atom is -0.352 e. The fraction of sp³-hybridized carbons (Fsp3) is 0.294. The van der Waals surface area contributed by atoms with Crippen LogP contribution in [0, 0.1) is 11.6 Å². The van der Waals surface area contributed by atoms with Gasteiger partial charge < -0.3 is 14.8 Å². The first kappa shape index (κ1) is 16.4. The summed E-state index contributed by atoms with van der Waals surface area (Å²) in [5.74, 6) is -0.671. The molecule has 3 aromatic rings. The molecule has 1 amide bonds. The lowest BCUT2D eigenvalue weighted by Gasteiger charge is -2.34. The quantitative estimate of drug-likeness (QED) is 0.758. The van der Waals surface area contributed by atoms with Gasteiger partial charge in [0.05, 0.1) is 17.2 Å². The molecule has 4 rings (SSSR count). The Hall–Kier alpha value is -3.10. The van der Waals surface area contributed by atoms with E-state index in [1.807, 2.05) is 11.0 Å². The molecule has 1 N–H and O–H groups in total. The Morgan fingerprint density at radius 3 is 2.58 bits per heavy atom. The maximum atomic E-state index is 13.4. The highest BCUT2D eigenvalue weighted by molar-refractivity contribution is 5.79. The highest BCUT2D eigenvalue weighted by Crippen LogP contribution is 2.24. The number of imidazole rings is 1. The summed E-state index contributed by atoms with van der Waals surface area (Å²) in [6.45, 7) is 4.14. The molecular weight excluding hydrogens is 342 g/mol. The standard InChI is InChI=1S/C17H16F2N6O/c1-10(26)24-2-4-25(5-3-24)16-6-11(9-20-23-16)17-21-14-7-12(18)13(19)8-15(14)22-17/h6-9H,2-5H2,1H3,(H,21,22). The molecule has 0 bridgehead atoms. The highest BCUT2D eigenvalue weighted by atomic mass is 19.2. The fourth-order valence-corrected chi connectivity index (χ4v) is 3.03. The zero-order chi connectivity index (χ0) is 18.3. The Morgan fingerprint density at radius 1 is 1.12 bits per heavy atom. The molecule has 0 aliphatic carbocycles. The second-order valence-electron chi connectivity index (χ2n) is 6.16. The molecule has 1 aliphatic heterocycles. The van der Waals surface area contributed by atoms with E-state index in [0.29, 0.717) is 54.4 Å². The van der Waals surface area contributed by atoms with E-state index in [1.165, 1.54) is 0 Å². The maximum Gasteiger partial charge on any atom is 0.219 e. The molecule has 1 aliphatic rings. The molecule has 26 heavy (non-hydrogen) atoms. The number of benzene rings is 1. The average molecular weight is 358 g/mol. The lowest BCUT2D eigenvalue weighted by atomic mass is 10.2. The van der Waals surface area contributed by atoms with Gasteiger partial charge in [0.15, 0.2) is 17.5 Å². The maximum absolute atomic E-state index is 13.4. The minimum atomic E-state index is -0.938. The van der Waals surface area contributed by atoms with Crippen LogP contribution in [0.25, 0.3) is 22.4 Å². The van der Waals surface area contributed by atoms with Crippen LogP contribution in [0.4, 0.5) is 14.6 Å². The number of H-pyrrole nitrogens is 1. The summed E-state index contributed by atoms with van der Waals surface area (Å²) >= 11 is 0. The predicted molar refractivity (Wildman–Crippen MR) is 91.5 cm³/mol. The normalized spacial score (nSPS) is 14.9. The topological polar surface area (TPSA) is 78.0 Å². The number of anilines is 1. The molecule has 1 saturated heterocycles. The van der Waals surface area contributed by atoms with Gasteiger partial charge in [-0.3, -0.25) is 4.79 Å². The minimum absolute atomic E-state index is 0.0613. The van der Waals surface area contributed by atoms with Gasteiger partial charge in [-0.1, -0.05) is 0 Å². The van der Waals surface area contributed by atoms with Crippen molar-refractivity contribution >= 4 is 22.8 Å². The molecule has 1 fully saturated rings. The molecular formula is C17H16F2N6O. The Labute approximate surface area is 147 Å².